The number of halogens is 4. The molecule has 0 amide bonds. The van der Waals surface area contributed by atoms with Crippen LogP contribution in [0.15, 0.2) is 16.6 Å². The van der Waals surface area contributed by atoms with Gasteiger partial charge in [-0.1, -0.05) is 11.6 Å². The number of hydrogen-bond donors (Lipinski definition) is 1. The summed E-state index contributed by atoms with van der Waals surface area (Å²) in [7, 11) is 0. The maximum atomic E-state index is 12.6. The van der Waals surface area contributed by atoms with Gasteiger partial charge in [-0.05, 0) is 28.1 Å². The third kappa shape index (κ3) is 3.69. The van der Waals surface area contributed by atoms with Gasteiger partial charge in [-0.15, -0.1) is 0 Å². The Labute approximate surface area is 86.3 Å². The third-order valence-electron chi connectivity index (χ3n) is 0.988. The van der Waals surface area contributed by atoms with Gasteiger partial charge in [-0.2, -0.15) is 0 Å². The van der Waals surface area contributed by atoms with Crippen molar-refractivity contribution in [3.05, 3.63) is 33.3 Å². The van der Waals surface area contributed by atoms with Crippen LogP contribution in [0.25, 0.3) is 0 Å². The van der Waals surface area contributed by atoms with Crippen LogP contribution >= 0.6 is 27.5 Å². The van der Waals surface area contributed by atoms with E-state index in [2.05, 4.69) is 15.9 Å². The molecule has 1 N–H and O–H groups in total. The van der Waals surface area contributed by atoms with E-state index in [1.54, 1.807) is 0 Å². The molecule has 1 aromatic carbocycles. The minimum absolute atomic E-state index is 0.166. The quantitative estimate of drug-likeness (QED) is 0.448. The van der Waals surface area contributed by atoms with Gasteiger partial charge >= 0.3 is 0 Å². The molecule has 0 radical (unpaired) electrons. The molecule has 0 aliphatic rings. The fraction of sp³-hybridized carbons (Fsp3) is 0. The molecule has 2 nitrogen and oxygen atoms in total. The predicted molar refractivity (Wildman–Crippen MR) is 47.8 cm³/mol. The second-order valence-corrected chi connectivity index (χ2v) is 2.99. The van der Waals surface area contributed by atoms with Gasteiger partial charge in [0.25, 0.3) is 6.47 Å². The van der Waals surface area contributed by atoms with Gasteiger partial charge in [0.15, 0.2) is 5.82 Å². The molecule has 0 atom stereocenters. The zero-order valence-electron chi connectivity index (χ0n) is 6.10. The van der Waals surface area contributed by atoms with E-state index < -0.39 is 16.7 Å². The van der Waals surface area contributed by atoms with E-state index in [9.17, 15) is 8.78 Å². The van der Waals surface area contributed by atoms with Gasteiger partial charge in [0, 0.05) is 0 Å². The van der Waals surface area contributed by atoms with Crippen molar-refractivity contribution in [3.8, 4) is 0 Å². The molecule has 0 bridgehead atoms. The summed E-state index contributed by atoms with van der Waals surface area (Å²) >= 11 is 8.06. The van der Waals surface area contributed by atoms with Crippen LogP contribution in [0.5, 0.6) is 0 Å². The number of benzene rings is 1. The fourth-order valence-corrected chi connectivity index (χ4v) is 1.11. The molecule has 1 aromatic rings. The summed E-state index contributed by atoms with van der Waals surface area (Å²) in [6, 6.07) is 2.35. The molecule has 0 aliphatic carbocycles. The molecule has 1 rings (SSSR count). The number of rotatable bonds is 0. The average molecular weight is 273 g/mol. The van der Waals surface area contributed by atoms with Crippen LogP contribution < -0.4 is 0 Å². The van der Waals surface area contributed by atoms with Crippen LogP contribution in [0, 0.1) is 11.6 Å². The van der Waals surface area contributed by atoms with Crippen molar-refractivity contribution in [1.29, 1.82) is 0 Å². The molecule has 0 aromatic heterocycles. The highest BCUT2D eigenvalue weighted by atomic mass is 79.9. The highest BCUT2D eigenvalue weighted by Crippen LogP contribution is 2.25. The summed E-state index contributed by atoms with van der Waals surface area (Å²) in [5.74, 6) is -1.51. The Morgan fingerprint density at radius 2 is 1.92 bits per heavy atom. The topological polar surface area (TPSA) is 37.3 Å². The highest BCUT2D eigenvalue weighted by Gasteiger charge is 2.08. The lowest BCUT2D eigenvalue weighted by molar-refractivity contribution is -0.122. The van der Waals surface area contributed by atoms with Crippen molar-refractivity contribution in [3.63, 3.8) is 0 Å². The number of hydrogen-bond acceptors (Lipinski definition) is 1. The Morgan fingerprint density at radius 3 is 2.31 bits per heavy atom. The zero-order chi connectivity index (χ0) is 10.4. The van der Waals surface area contributed by atoms with Crippen LogP contribution in [0.4, 0.5) is 8.78 Å². The first-order valence-corrected chi connectivity index (χ1v) is 4.08. The predicted octanol–water partition coefficient (Wildman–Crippen LogP) is 3.08. The molecular formula is C7H4BrClF2O2. The van der Waals surface area contributed by atoms with Gasteiger partial charge in [-0.3, -0.25) is 4.79 Å². The van der Waals surface area contributed by atoms with Crippen molar-refractivity contribution >= 4 is 34.0 Å². The first-order valence-electron chi connectivity index (χ1n) is 2.91. The van der Waals surface area contributed by atoms with Gasteiger partial charge in [-0.25, -0.2) is 8.78 Å². The molecule has 72 valence electrons. The second-order valence-electron chi connectivity index (χ2n) is 1.76. The Morgan fingerprint density at radius 1 is 1.46 bits per heavy atom. The molecule has 0 fully saturated rings. The van der Waals surface area contributed by atoms with E-state index in [4.69, 9.17) is 21.5 Å². The van der Waals surface area contributed by atoms with Crippen molar-refractivity contribution in [2.75, 3.05) is 0 Å². The minimum Gasteiger partial charge on any atom is -0.483 e. The molecular weight excluding hydrogens is 269 g/mol. The molecule has 0 heterocycles. The second kappa shape index (κ2) is 5.88. The van der Waals surface area contributed by atoms with Gasteiger partial charge in [0.2, 0.25) is 0 Å². The van der Waals surface area contributed by atoms with Crippen LogP contribution in [0.2, 0.25) is 5.02 Å². The first kappa shape index (κ1) is 12.3. The first-order chi connectivity index (χ1) is 6.04. The fourth-order valence-electron chi connectivity index (χ4n) is 0.502. The summed E-state index contributed by atoms with van der Waals surface area (Å²) in [5, 5.41) is 6.41. The lowest BCUT2D eigenvalue weighted by atomic mass is 10.3. The monoisotopic (exact) mass is 272 g/mol. The minimum atomic E-state index is -0.762. The van der Waals surface area contributed by atoms with Gasteiger partial charge < -0.3 is 5.11 Å². The zero-order valence-corrected chi connectivity index (χ0v) is 8.44. The summed E-state index contributed by atoms with van der Waals surface area (Å²) in [6.45, 7) is -0.250. The maximum absolute atomic E-state index is 12.6. The van der Waals surface area contributed by atoms with E-state index in [1.807, 2.05) is 0 Å². The molecule has 13 heavy (non-hydrogen) atoms. The van der Waals surface area contributed by atoms with Crippen LogP contribution in [0.3, 0.4) is 0 Å². The van der Waals surface area contributed by atoms with Crippen molar-refractivity contribution in [2.45, 2.75) is 0 Å². The number of carboxylic acid groups (broad SMARTS) is 1. The Kier molecular flexibility index (Phi) is 5.57. The molecule has 0 aliphatic heterocycles. The summed E-state index contributed by atoms with van der Waals surface area (Å²) in [6.07, 6.45) is 0. The summed E-state index contributed by atoms with van der Waals surface area (Å²) in [5.41, 5.74) is 0. The van der Waals surface area contributed by atoms with E-state index in [1.165, 1.54) is 6.07 Å². The lowest BCUT2D eigenvalue weighted by Crippen LogP contribution is -1.83. The Bertz CT molecular complexity index is 280. The van der Waals surface area contributed by atoms with Crippen LogP contribution in [0.1, 0.15) is 0 Å². The van der Waals surface area contributed by atoms with Crippen LogP contribution in [-0.2, 0) is 4.79 Å². The molecule has 0 unspecified atom stereocenters. The Balaban J connectivity index is 0.000000424. The number of carbonyl (C=O) groups is 1. The molecule has 6 heteroatoms. The highest BCUT2D eigenvalue weighted by molar-refractivity contribution is 9.10. The maximum Gasteiger partial charge on any atom is 0.290 e. The van der Waals surface area contributed by atoms with E-state index in [0.717, 1.165) is 6.07 Å². The lowest BCUT2D eigenvalue weighted by Gasteiger charge is -1.96. The van der Waals surface area contributed by atoms with Crippen molar-refractivity contribution in [2.24, 2.45) is 0 Å². The van der Waals surface area contributed by atoms with Crippen molar-refractivity contribution < 1.29 is 18.7 Å². The van der Waals surface area contributed by atoms with E-state index in [0.29, 0.717) is 0 Å². The van der Waals surface area contributed by atoms with E-state index in [-0.39, 0.29) is 10.9 Å². The van der Waals surface area contributed by atoms with Gasteiger partial charge in [0.05, 0.1) is 4.47 Å². The molecule has 0 spiro atoms. The standard InChI is InChI=1S/C6H2BrClF2.CH2O2/c7-3-1-2-4(9)5(8)6(3)10;2-1-3/h1-2H;1H,(H,2,3). The van der Waals surface area contributed by atoms with Crippen molar-refractivity contribution in [1.82, 2.24) is 0 Å². The smallest absolute Gasteiger partial charge is 0.290 e. The molecule has 0 saturated heterocycles. The summed E-state index contributed by atoms with van der Waals surface area (Å²) < 4.78 is 25.1. The Hall–Kier alpha value is -0.680. The average Bonchev–Trinajstić information content (AvgIpc) is 2.10. The van der Waals surface area contributed by atoms with Crippen LogP contribution in [-0.4, -0.2) is 11.6 Å². The van der Waals surface area contributed by atoms with E-state index >= 15 is 0 Å². The SMILES string of the molecule is Fc1ccc(Br)c(F)c1Cl.O=CO. The summed E-state index contributed by atoms with van der Waals surface area (Å²) in [4.78, 5) is 8.36. The van der Waals surface area contributed by atoms with Gasteiger partial charge in [0.1, 0.15) is 10.8 Å². The third-order valence-corrected chi connectivity index (χ3v) is 1.95. The normalized spacial score (nSPS) is 8.62. The largest absolute Gasteiger partial charge is 0.483 e. The molecule has 0 saturated carbocycles.